The van der Waals surface area contributed by atoms with Crippen molar-refractivity contribution in [2.45, 2.75) is 6.54 Å². The van der Waals surface area contributed by atoms with Crippen LogP contribution in [0.3, 0.4) is 0 Å². The largest absolute Gasteiger partial charge is 0.409 e. The van der Waals surface area contributed by atoms with Crippen molar-refractivity contribution >= 4 is 27.5 Å². The molecule has 0 aliphatic heterocycles. The summed E-state index contributed by atoms with van der Waals surface area (Å²) >= 11 is 3.25. The summed E-state index contributed by atoms with van der Waals surface area (Å²) in [4.78, 5) is 0. The molecule has 0 radical (unpaired) electrons. The minimum Gasteiger partial charge on any atom is -0.409 e. The van der Waals surface area contributed by atoms with E-state index in [1.54, 1.807) is 12.1 Å². The molecule has 4 N–H and O–H groups in total. The molecular formula is C14H12BrF2N3O. The molecule has 0 heterocycles. The van der Waals surface area contributed by atoms with Crippen molar-refractivity contribution in [3.8, 4) is 0 Å². The van der Waals surface area contributed by atoms with Gasteiger partial charge in [0.15, 0.2) is 5.84 Å². The van der Waals surface area contributed by atoms with Gasteiger partial charge in [-0.05, 0) is 35.9 Å². The molecule has 2 aromatic carbocycles. The fourth-order valence-electron chi connectivity index (χ4n) is 1.82. The van der Waals surface area contributed by atoms with Crippen LogP contribution >= 0.6 is 15.9 Å². The van der Waals surface area contributed by atoms with Gasteiger partial charge in [-0.15, -0.1) is 0 Å². The van der Waals surface area contributed by atoms with Gasteiger partial charge in [0.05, 0.1) is 5.69 Å². The summed E-state index contributed by atoms with van der Waals surface area (Å²) in [6, 6.07) is 8.39. The third-order valence-corrected chi connectivity index (χ3v) is 3.35. The number of oxime groups is 1. The van der Waals surface area contributed by atoms with E-state index in [-0.39, 0.29) is 17.9 Å². The summed E-state index contributed by atoms with van der Waals surface area (Å²) in [6.45, 7) is 0.194. The Balaban J connectivity index is 2.26. The van der Waals surface area contributed by atoms with Gasteiger partial charge in [-0.1, -0.05) is 27.2 Å². The van der Waals surface area contributed by atoms with Crippen LogP contribution in [0.1, 0.15) is 11.1 Å². The molecule has 0 saturated carbocycles. The first-order valence-electron chi connectivity index (χ1n) is 5.96. The van der Waals surface area contributed by atoms with Crippen LogP contribution in [0.15, 0.2) is 46.0 Å². The van der Waals surface area contributed by atoms with Gasteiger partial charge in [0.25, 0.3) is 0 Å². The predicted octanol–water partition coefficient (Wildman–Crippen LogP) is 3.43. The lowest BCUT2D eigenvalue weighted by Crippen LogP contribution is -2.17. The second kappa shape index (κ2) is 6.53. The van der Waals surface area contributed by atoms with Gasteiger partial charge in [0, 0.05) is 16.6 Å². The van der Waals surface area contributed by atoms with E-state index in [2.05, 4.69) is 26.4 Å². The van der Waals surface area contributed by atoms with Gasteiger partial charge in [0.2, 0.25) is 0 Å². The highest BCUT2D eigenvalue weighted by molar-refractivity contribution is 9.10. The minimum absolute atomic E-state index is 0.194. The predicted molar refractivity (Wildman–Crippen MR) is 80.3 cm³/mol. The van der Waals surface area contributed by atoms with E-state index in [1.807, 2.05) is 0 Å². The van der Waals surface area contributed by atoms with Crippen LogP contribution < -0.4 is 11.1 Å². The zero-order valence-corrected chi connectivity index (χ0v) is 12.4. The molecule has 0 aliphatic rings. The lowest BCUT2D eigenvalue weighted by molar-refractivity contribution is 0.318. The molecule has 7 heteroatoms. The highest BCUT2D eigenvalue weighted by Gasteiger charge is 2.10. The highest BCUT2D eigenvalue weighted by atomic mass is 79.9. The fourth-order valence-corrected chi connectivity index (χ4v) is 2.18. The summed E-state index contributed by atoms with van der Waals surface area (Å²) in [5.74, 6) is -1.12. The molecule has 0 bridgehead atoms. The van der Waals surface area contributed by atoms with E-state index in [4.69, 9.17) is 10.9 Å². The maximum atomic E-state index is 13.6. The number of benzene rings is 2. The van der Waals surface area contributed by atoms with Gasteiger partial charge in [-0.2, -0.15) is 0 Å². The Bertz CT molecular complexity index is 692. The third-order valence-electron chi connectivity index (χ3n) is 2.85. The SMILES string of the molecule is NC(=NO)c1cc(F)ccc1CNc1cc(Br)ccc1F. The minimum atomic E-state index is -0.506. The van der Waals surface area contributed by atoms with Crippen LogP contribution in [-0.2, 0) is 6.54 Å². The summed E-state index contributed by atoms with van der Waals surface area (Å²) in [7, 11) is 0. The van der Waals surface area contributed by atoms with Crippen molar-refractivity contribution in [2.75, 3.05) is 5.32 Å². The standard InChI is InChI=1S/C14H12BrF2N3O/c15-9-2-4-12(17)13(5-9)19-7-8-1-3-10(16)6-11(8)14(18)20-21/h1-6,19,21H,7H2,(H2,18,20). The van der Waals surface area contributed by atoms with Crippen molar-refractivity contribution in [1.29, 1.82) is 0 Å². The highest BCUT2D eigenvalue weighted by Crippen LogP contribution is 2.21. The average molecular weight is 356 g/mol. The van der Waals surface area contributed by atoms with Gasteiger partial charge in [-0.25, -0.2) is 8.78 Å². The molecule has 0 atom stereocenters. The molecule has 21 heavy (non-hydrogen) atoms. The lowest BCUT2D eigenvalue weighted by atomic mass is 10.1. The van der Waals surface area contributed by atoms with Crippen LogP contribution in [0, 0.1) is 11.6 Å². The quantitative estimate of drug-likeness (QED) is 0.340. The molecule has 4 nitrogen and oxygen atoms in total. The number of nitrogens with two attached hydrogens (primary N) is 1. The first-order chi connectivity index (χ1) is 10.0. The maximum absolute atomic E-state index is 13.6. The Hall–Kier alpha value is -2.15. The van der Waals surface area contributed by atoms with E-state index >= 15 is 0 Å². The summed E-state index contributed by atoms with van der Waals surface area (Å²) in [6.07, 6.45) is 0. The monoisotopic (exact) mass is 355 g/mol. The number of amidine groups is 1. The Kier molecular flexibility index (Phi) is 4.74. The first kappa shape index (κ1) is 15.2. The second-order valence-electron chi connectivity index (χ2n) is 4.26. The zero-order valence-electron chi connectivity index (χ0n) is 10.8. The second-order valence-corrected chi connectivity index (χ2v) is 5.18. The van der Waals surface area contributed by atoms with Crippen molar-refractivity contribution in [2.24, 2.45) is 10.9 Å². The van der Waals surface area contributed by atoms with Gasteiger partial charge >= 0.3 is 0 Å². The molecule has 0 fully saturated rings. The summed E-state index contributed by atoms with van der Waals surface area (Å²) in [5, 5.41) is 14.5. The Morgan fingerprint density at radius 3 is 2.71 bits per heavy atom. The van der Waals surface area contributed by atoms with Crippen LogP contribution in [0.25, 0.3) is 0 Å². The van der Waals surface area contributed by atoms with Crippen molar-refractivity contribution < 1.29 is 14.0 Å². The Morgan fingerprint density at radius 1 is 1.24 bits per heavy atom. The lowest BCUT2D eigenvalue weighted by Gasteiger charge is -2.12. The van der Waals surface area contributed by atoms with Crippen LogP contribution in [0.2, 0.25) is 0 Å². The average Bonchev–Trinajstić information content (AvgIpc) is 2.48. The first-order valence-corrected chi connectivity index (χ1v) is 6.76. The molecular weight excluding hydrogens is 344 g/mol. The summed E-state index contributed by atoms with van der Waals surface area (Å²) in [5.41, 5.74) is 6.63. The molecule has 2 rings (SSSR count). The number of rotatable bonds is 4. The Labute approximate surface area is 128 Å². The number of halogens is 3. The number of hydrogen-bond acceptors (Lipinski definition) is 3. The molecule has 2 aromatic rings. The van der Waals surface area contributed by atoms with Crippen LogP contribution in [0.5, 0.6) is 0 Å². The van der Waals surface area contributed by atoms with Gasteiger partial charge in [-0.3, -0.25) is 0 Å². The van der Waals surface area contributed by atoms with E-state index in [0.717, 1.165) is 10.5 Å². The number of nitrogens with zero attached hydrogens (tertiary/aromatic N) is 1. The zero-order chi connectivity index (χ0) is 15.4. The topological polar surface area (TPSA) is 70.6 Å². The van der Waals surface area contributed by atoms with Crippen molar-refractivity contribution in [3.63, 3.8) is 0 Å². The van der Waals surface area contributed by atoms with Gasteiger partial charge < -0.3 is 16.3 Å². The van der Waals surface area contributed by atoms with Crippen molar-refractivity contribution in [3.05, 3.63) is 63.6 Å². The van der Waals surface area contributed by atoms with E-state index in [0.29, 0.717) is 11.3 Å². The molecule has 0 spiro atoms. The molecule has 0 aromatic heterocycles. The van der Waals surface area contributed by atoms with E-state index in [9.17, 15) is 8.78 Å². The molecule has 0 saturated heterocycles. The van der Waals surface area contributed by atoms with Crippen LogP contribution in [0.4, 0.5) is 14.5 Å². The molecule has 110 valence electrons. The van der Waals surface area contributed by atoms with Crippen molar-refractivity contribution in [1.82, 2.24) is 0 Å². The summed E-state index contributed by atoms with van der Waals surface area (Å²) < 4.78 is 27.6. The number of anilines is 1. The molecule has 0 unspecified atom stereocenters. The fraction of sp³-hybridized carbons (Fsp3) is 0.0714. The maximum Gasteiger partial charge on any atom is 0.170 e. The van der Waals surface area contributed by atoms with Gasteiger partial charge in [0.1, 0.15) is 11.6 Å². The van der Waals surface area contributed by atoms with E-state index < -0.39 is 11.6 Å². The third kappa shape index (κ3) is 3.69. The Morgan fingerprint density at radius 2 is 2.00 bits per heavy atom. The number of nitrogens with one attached hydrogen (secondary N) is 1. The smallest absolute Gasteiger partial charge is 0.170 e. The van der Waals surface area contributed by atoms with E-state index in [1.165, 1.54) is 18.2 Å². The van der Waals surface area contributed by atoms with Crippen LogP contribution in [-0.4, -0.2) is 11.0 Å². The normalized spacial score (nSPS) is 11.5. The molecule has 0 aliphatic carbocycles. The molecule has 0 amide bonds. The number of hydrogen-bond donors (Lipinski definition) is 3.